The molecule has 6 heteroatoms. The van der Waals surface area contributed by atoms with Crippen LogP contribution in [0.25, 0.3) is 11.4 Å². The molecule has 0 atom stereocenters. The molecule has 0 bridgehead atoms. The molecule has 1 aromatic carbocycles. The molecule has 1 heterocycles. The highest BCUT2D eigenvalue weighted by Gasteiger charge is 2.25. The zero-order valence-corrected chi connectivity index (χ0v) is 16.0. The van der Waals surface area contributed by atoms with Gasteiger partial charge in [0.05, 0.1) is 0 Å². The third-order valence-electron chi connectivity index (χ3n) is 5.25. The molecule has 1 aliphatic carbocycles. The number of hydrogen-bond donors (Lipinski definition) is 1. The zero-order valence-electron chi connectivity index (χ0n) is 15.2. The largest absolute Gasteiger partial charge is 0.341 e. The van der Waals surface area contributed by atoms with Gasteiger partial charge in [0.25, 0.3) is 0 Å². The van der Waals surface area contributed by atoms with E-state index in [9.17, 15) is 4.79 Å². The van der Waals surface area contributed by atoms with E-state index in [4.69, 9.17) is 12.2 Å². The predicted octanol–water partition coefficient (Wildman–Crippen LogP) is 3.95. The highest BCUT2D eigenvalue weighted by atomic mass is 32.1. The Morgan fingerprint density at radius 3 is 2.76 bits per heavy atom. The number of likely N-dealkylation sites (N-methyl/N-ethyl adjacent to an activating group) is 1. The predicted molar refractivity (Wildman–Crippen MR) is 102 cm³/mol. The van der Waals surface area contributed by atoms with E-state index in [1.807, 2.05) is 37.1 Å². The van der Waals surface area contributed by atoms with E-state index in [-0.39, 0.29) is 12.5 Å². The van der Waals surface area contributed by atoms with E-state index in [0.717, 1.165) is 29.9 Å². The van der Waals surface area contributed by atoms with Gasteiger partial charge in [-0.2, -0.15) is 5.10 Å². The normalized spacial score (nSPS) is 20.4. The molecule has 5 nitrogen and oxygen atoms in total. The van der Waals surface area contributed by atoms with E-state index < -0.39 is 0 Å². The topological polar surface area (TPSA) is 53.9 Å². The van der Waals surface area contributed by atoms with Crippen LogP contribution in [0.5, 0.6) is 0 Å². The Bertz CT molecular complexity index is 802. The van der Waals surface area contributed by atoms with Gasteiger partial charge in [-0.25, -0.2) is 0 Å². The molecule has 3 rings (SSSR count). The number of aromatic nitrogens is 3. The molecule has 0 saturated heterocycles. The molecule has 1 N–H and O–H groups in total. The third-order valence-corrected chi connectivity index (χ3v) is 5.57. The van der Waals surface area contributed by atoms with E-state index in [0.29, 0.717) is 16.6 Å². The van der Waals surface area contributed by atoms with Crippen LogP contribution in [0.15, 0.2) is 24.3 Å². The van der Waals surface area contributed by atoms with Crippen molar-refractivity contribution < 1.29 is 4.79 Å². The zero-order chi connectivity index (χ0) is 18.0. The van der Waals surface area contributed by atoms with Crippen LogP contribution in [0.4, 0.5) is 0 Å². The van der Waals surface area contributed by atoms with Crippen LogP contribution in [0.3, 0.4) is 0 Å². The summed E-state index contributed by atoms with van der Waals surface area (Å²) in [5.74, 6) is 1.58. The first-order valence-corrected chi connectivity index (χ1v) is 9.34. The Balaban J connectivity index is 1.78. The van der Waals surface area contributed by atoms with Gasteiger partial charge >= 0.3 is 0 Å². The number of aryl methyl sites for hydroxylation is 1. The highest BCUT2D eigenvalue weighted by molar-refractivity contribution is 7.71. The molecule has 134 valence electrons. The lowest BCUT2D eigenvalue weighted by atomic mass is 9.87. The SMILES string of the molecule is Cc1cccc(-c2n[nH]c(=S)n2CC(=O)N(C)C2CCC(C)CC2)c1. The number of rotatable bonds is 4. The lowest BCUT2D eigenvalue weighted by Gasteiger charge is -2.33. The molecule has 1 saturated carbocycles. The number of amides is 1. The number of H-pyrrole nitrogens is 1. The minimum atomic E-state index is 0.0888. The Kier molecular flexibility index (Phi) is 5.37. The molecule has 1 aromatic heterocycles. The first-order chi connectivity index (χ1) is 12.0. The third kappa shape index (κ3) is 4.00. The van der Waals surface area contributed by atoms with Gasteiger partial charge in [-0.1, -0.05) is 30.7 Å². The maximum atomic E-state index is 12.8. The molecule has 1 fully saturated rings. The van der Waals surface area contributed by atoms with Crippen molar-refractivity contribution in [2.45, 2.75) is 52.1 Å². The van der Waals surface area contributed by atoms with E-state index in [1.165, 1.54) is 12.8 Å². The van der Waals surface area contributed by atoms with Crippen LogP contribution in [0.2, 0.25) is 0 Å². The molecule has 2 aromatic rings. The fourth-order valence-corrected chi connectivity index (χ4v) is 3.75. The van der Waals surface area contributed by atoms with Crippen LogP contribution in [-0.4, -0.2) is 38.7 Å². The van der Waals surface area contributed by atoms with E-state index in [1.54, 1.807) is 4.57 Å². The lowest BCUT2D eigenvalue weighted by molar-refractivity contribution is -0.133. The van der Waals surface area contributed by atoms with E-state index in [2.05, 4.69) is 23.2 Å². The van der Waals surface area contributed by atoms with Crippen molar-refractivity contribution in [3.8, 4) is 11.4 Å². The van der Waals surface area contributed by atoms with Crippen LogP contribution in [0.1, 0.15) is 38.2 Å². The first-order valence-electron chi connectivity index (χ1n) is 8.93. The summed E-state index contributed by atoms with van der Waals surface area (Å²) >= 11 is 5.36. The van der Waals surface area contributed by atoms with Gasteiger partial charge in [0.15, 0.2) is 10.6 Å². The summed E-state index contributed by atoms with van der Waals surface area (Å²) in [6.07, 6.45) is 4.57. The van der Waals surface area contributed by atoms with Crippen molar-refractivity contribution in [3.05, 3.63) is 34.6 Å². The molecule has 1 aliphatic rings. The average molecular weight is 359 g/mol. The molecule has 0 radical (unpaired) electrons. The second kappa shape index (κ2) is 7.52. The molecular formula is C19H26N4OS. The fourth-order valence-electron chi connectivity index (χ4n) is 3.55. The van der Waals surface area contributed by atoms with Gasteiger partial charge in [-0.05, 0) is 56.8 Å². The second-order valence-corrected chi connectivity index (χ2v) is 7.61. The number of nitrogens with zero attached hydrogens (tertiary/aromatic N) is 3. The summed E-state index contributed by atoms with van der Waals surface area (Å²) in [5, 5.41) is 7.17. The Labute approximate surface area is 154 Å². The van der Waals surface area contributed by atoms with Crippen molar-refractivity contribution in [3.63, 3.8) is 0 Å². The first kappa shape index (κ1) is 17.9. The number of carbonyl (C=O) groups is 1. The molecule has 1 amide bonds. The molecule has 0 spiro atoms. The maximum absolute atomic E-state index is 12.8. The Morgan fingerprint density at radius 1 is 1.36 bits per heavy atom. The monoisotopic (exact) mass is 358 g/mol. The number of hydrogen-bond acceptors (Lipinski definition) is 3. The van der Waals surface area contributed by atoms with Crippen molar-refractivity contribution in [2.75, 3.05) is 7.05 Å². The van der Waals surface area contributed by atoms with Crippen LogP contribution in [-0.2, 0) is 11.3 Å². The fraction of sp³-hybridized carbons (Fsp3) is 0.526. The number of carbonyl (C=O) groups excluding carboxylic acids is 1. The number of nitrogens with one attached hydrogen (secondary N) is 1. The lowest BCUT2D eigenvalue weighted by Crippen LogP contribution is -2.41. The van der Waals surface area contributed by atoms with Gasteiger partial charge in [0.1, 0.15) is 6.54 Å². The number of aromatic amines is 1. The smallest absolute Gasteiger partial charge is 0.242 e. The van der Waals surface area contributed by atoms with Gasteiger partial charge in [-0.3, -0.25) is 14.5 Å². The minimum Gasteiger partial charge on any atom is -0.341 e. The summed E-state index contributed by atoms with van der Waals surface area (Å²) in [6, 6.07) is 8.41. The molecule has 0 aliphatic heterocycles. The molecular weight excluding hydrogens is 332 g/mol. The van der Waals surface area contributed by atoms with Crippen LogP contribution in [0, 0.1) is 17.6 Å². The number of benzene rings is 1. The van der Waals surface area contributed by atoms with Crippen LogP contribution < -0.4 is 0 Å². The second-order valence-electron chi connectivity index (χ2n) is 7.23. The summed E-state index contributed by atoms with van der Waals surface area (Å²) in [7, 11) is 1.92. The van der Waals surface area contributed by atoms with Crippen LogP contribution >= 0.6 is 12.2 Å². The summed E-state index contributed by atoms with van der Waals surface area (Å²) in [5.41, 5.74) is 2.12. The molecule has 0 unspecified atom stereocenters. The van der Waals surface area contributed by atoms with Gasteiger partial charge in [0, 0.05) is 18.7 Å². The summed E-state index contributed by atoms with van der Waals surface area (Å²) in [4.78, 5) is 14.7. The average Bonchev–Trinajstić information content (AvgIpc) is 2.95. The van der Waals surface area contributed by atoms with Crippen molar-refractivity contribution >= 4 is 18.1 Å². The quantitative estimate of drug-likeness (QED) is 0.842. The summed E-state index contributed by atoms with van der Waals surface area (Å²) in [6.45, 7) is 4.55. The van der Waals surface area contributed by atoms with Crippen molar-refractivity contribution in [1.82, 2.24) is 19.7 Å². The van der Waals surface area contributed by atoms with Gasteiger partial charge in [-0.15, -0.1) is 0 Å². The summed E-state index contributed by atoms with van der Waals surface area (Å²) < 4.78 is 2.28. The van der Waals surface area contributed by atoms with Gasteiger partial charge < -0.3 is 4.90 Å². The van der Waals surface area contributed by atoms with Gasteiger partial charge in [0.2, 0.25) is 5.91 Å². The molecule has 25 heavy (non-hydrogen) atoms. The highest BCUT2D eigenvalue weighted by Crippen LogP contribution is 2.27. The standard InChI is InChI=1S/C19H26N4OS/c1-13-7-9-16(10-8-13)22(3)17(24)12-23-18(20-21-19(23)25)15-6-4-5-14(2)11-15/h4-6,11,13,16H,7-10,12H2,1-3H3,(H,21,25). The van der Waals surface area contributed by atoms with Crippen molar-refractivity contribution in [1.29, 1.82) is 0 Å². The van der Waals surface area contributed by atoms with E-state index >= 15 is 0 Å². The maximum Gasteiger partial charge on any atom is 0.242 e. The van der Waals surface area contributed by atoms with Crippen molar-refractivity contribution in [2.24, 2.45) is 5.92 Å². The minimum absolute atomic E-state index is 0.0888. The Hall–Kier alpha value is -1.95. The Morgan fingerprint density at radius 2 is 2.08 bits per heavy atom.